The average Bonchev–Trinajstić information content (AvgIpc) is 3.36. The number of likely N-dealkylation sites (tertiary alicyclic amines) is 3. The molecular formula is C32H51N5O5S. The van der Waals surface area contributed by atoms with Crippen molar-refractivity contribution in [2.45, 2.75) is 78.1 Å². The molecule has 2 N–H and O–H groups in total. The molecule has 3 aliphatic heterocycles. The summed E-state index contributed by atoms with van der Waals surface area (Å²) in [7, 11) is 0. The summed E-state index contributed by atoms with van der Waals surface area (Å²) in [5.41, 5.74) is 6.93. The molecule has 3 saturated heterocycles. The number of primary amides is 1. The third-order valence-electron chi connectivity index (χ3n) is 10.3. The number of hydrogen-bond acceptors (Lipinski definition) is 7. The van der Waals surface area contributed by atoms with Gasteiger partial charge in [-0.1, -0.05) is 33.1 Å². The Balaban J connectivity index is 0.000000207. The van der Waals surface area contributed by atoms with Gasteiger partial charge in [-0.2, -0.15) is 0 Å². The van der Waals surface area contributed by atoms with Crippen LogP contribution in [0.25, 0.3) is 0 Å². The predicted octanol–water partition coefficient (Wildman–Crippen LogP) is 3.81. The zero-order chi connectivity index (χ0) is 30.6. The maximum atomic E-state index is 12.6. The molecule has 4 amide bonds. The van der Waals surface area contributed by atoms with Gasteiger partial charge in [0.25, 0.3) is 5.91 Å². The van der Waals surface area contributed by atoms with Gasteiger partial charge in [0.15, 0.2) is 0 Å². The van der Waals surface area contributed by atoms with Gasteiger partial charge in [-0.15, -0.1) is 11.3 Å². The molecule has 2 atom stereocenters. The van der Waals surface area contributed by atoms with Gasteiger partial charge >= 0.3 is 0 Å². The lowest BCUT2D eigenvalue weighted by Gasteiger charge is -2.50. The third-order valence-corrected chi connectivity index (χ3v) is 11.1. The van der Waals surface area contributed by atoms with E-state index in [9.17, 15) is 19.2 Å². The number of hydrogen-bond donors (Lipinski definition) is 1. The molecule has 6 rings (SSSR count). The van der Waals surface area contributed by atoms with Crippen LogP contribution in [0.4, 0.5) is 0 Å². The molecule has 2 aliphatic carbocycles. The summed E-state index contributed by atoms with van der Waals surface area (Å²) in [6.07, 6.45) is 13.4. The Labute approximate surface area is 261 Å². The first-order chi connectivity index (χ1) is 20.6. The monoisotopic (exact) mass is 617 g/mol. The Morgan fingerprint density at radius 2 is 1.63 bits per heavy atom. The topological polar surface area (TPSA) is 126 Å². The highest BCUT2D eigenvalue weighted by Gasteiger charge is 2.61. The summed E-state index contributed by atoms with van der Waals surface area (Å²) >= 11 is 1.29. The number of rotatable bonds is 8. The highest BCUT2D eigenvalue weighted by atomic mass is 32.1. The third kappa shape index (κ3) is 7.59. The lowest BCUT2D eigenvalue weighted by atomic mass is 9.71. The molecule has 0 aromatic carbocycles. The molecule has 1 aromatic rings. The van der Waals surface area contributed by atoms with Crippen molar-refractivity contribution in [3.8, 4) is 0 Å². The molecular weight excluding hydrogens is 566 g/mol. The minimum atomic E-state index is -0.402. The van der Waals surface area contributed by atoms with Crippen molar-refractivity contribution in [1.82, 2.24) is 19.7 Å². The van der Waals surface area contributed by atoms with E-state index in [1.54, 1.807) is 16.6 Å². The Hall–Kier alpha value is -2.53. The van der Waals surface area contributed by atoms with Crippen LogP contribution in [0.5, 0.6) is 0 Å². The second-order valence-electron chi connectivity index (χ2n) is 14.1. The van der Waals surface area contributed by atoms with Gasteiger partial charge in [-0.25, -0.2) is 0 Å². The standard InChI is InChI=1S/C17H22N4O3S.C15H27NO2.H2/c1-16(2)3-10(16)14(23)21-7-17(8-21)6-20(5-11(17)13(18)22)15(24)12-4-19-9-25-12;17-15(16-10-5-2-6-11-16)9-12-18-13-14-7-3-1-4-8-14;/h4,9-11H,3,5-8H2,1-2H3,(H2,18,22);14H,1-13H2;1H/t10-,11+;;/m1../s1. The predicted molar refractivity (Wildman–Crippen MR) is 166 cm³/mol. The second-order valence-corrected chi connectivity index (χ2v) is 15.0. The van der Waals surface area contributed by atoms with E-state index in [4.69, 9.17) is 10.5 Å². The SMILES string of the molecule is CC1(C)C[C@@H]1C(=O)N1CC2(CN(C(=O)c3cncs3)C[C@H]2C(N)=O)C1.O=C(CCOCC1CCCCC1)N1CCCCC1.[HH]. The molecule has 1 spiro atoms. The first-order valence-electron chi connectivity index (χ1n) is 16.2. The lowest BCUT2D eigenvalue weighted by Crippen LogP contribution is -2.64. The fourth-order valence-corrected chi connectivity index (χ4v) is 7.94. The van der Waals surface area contributed by atoms with Crippen LogP contribution in [-0.4, -0.2) is 95.8 Å². The number of ether oxygens (including phenoxy) is 1. The minimum Gasteiger partial charge on any atom is -0.381 e. The van der Waals surface area contributed by atoms with Crippen molar-refractivity contribution >= 4 is 35.0 Å². The van der Waals surface area contributed by atoms with Gasteiger partial charge in [0.2, 0.25) is 17.7 Å². The molecule has 10 nitrogen and oxygen atoms in total. The van der Waals surface area contributed by atoms with E-state index >= 15 is 0 Å². The maximum Gasteiger partial charge on any atom is 0.265 e. The van der Waals surface area contributed by atoms with E-state index < -0.39 is 11.8 Å². The van der Waals surface area contributed by atoms with Crippen molar-refractivity contribution in [2.24, 2.45) is 34.3 Å². The van der Waals surface area contributed by atoms with Crippen molar-refractivity contribution in [1.29, 1.82) is 0 Å². The number of piperidine rings is 1. The zero-order valence-electron chi connectivity index (χ0n) is 25.9. The summed E-state index contributed by atoms with van der Waals surface area (Å²) in [5, 5.41) is 0. The van der Waals surface area contributed by atoms with Crippen LogP contribution in [0.3, 0.4) is 0 Å². The van der Waals surface area contributed by atoms with Gasteiger partial charge in [-0.3, -0.25) is 24.2 Å². The molecule has 11 heteroatoms. The fourth-order valence-electron chi connectivity index (χ4n) is 7.36. The van der Waals surface area contributed by atoms with E-state index in [0.29, 0.717) is 50.0 Å². The van der Waals surface area contributed by atoms with Crippen LogP contribution in [0.15, 0.2) is 11.7 Å². The number of amides is 4. The molecule has 240 valence electrons. The summed E-state index contributed by atoms with van der Waals surface area (Å²) in [5.74, 6) is 0.402. The van der Waals surface area contributed by atoms with Gasteiger partial charge < -0.3 is 25.2 Å². The number of aromatic nitrogens is 1. The smallest absolute Gasteiger partial charge is 0.265 e. The summed E-state index contributed by atoms with van der Waals surface area (Å²) in [6, 6.07) is 0. The Bertz CT molecular complexity index is 1150. The Morgan fingerprint density at radius 1 is 0.977 bits per heavy atom. The van der Waals surface area contributed by atoms with Crippen LogP contribution < -0.4 is 5.73 Å². The number of nitrogens with zero attached hydrogens (tertiary/aromatic N) is 4. The molecule has 2 saturated carbocycles. The van der Waals surface area contributed by atoms with Gasteiger partial charge in [0.05, 0.1) is 30.7 Å². The van der Waals surface area contributed by atoms with Crippen LogP contribution in [0.1, 0.15) is 89.2 Å². The van der Waals surface area contributed by atoms with Gasteiger partial charge in [0, 0.05) is 58.6 Å². The summed E-state index contributed by atoms with van der Waals surface area (Å²) in [6.45, 7) is 9.42. The quantitative estimate of drug-likeness (QED) is 0.442. The van der Waals surface area contributed by atoms with Crippen LogP contribution in [0.2, 0.25) is 0 Å². The van der Waals surface area contributed by atoms with Gasteiger partial charge in [0.1, 0.15) is 4.88 Å². The van der Waals surface area contributed by atoms with Crippen LogP contribution in [0, 0.1) is 28.6 Å². The van der Waals surface area contributed by atoms with E-state index in [0.717, 1.165) is 32.0 Å². The summed E-state index contributed by atoms with van der Waals surface area (Å²) in [4.78, 5) is 59.0. The molecule has 5 fully saturated rings. The van der Waals surface area contributed by atoms with Crippen LogP contribution >= 0.6 is 11.3 Å². The minimum absolute atomic E-state index is 0. The van der Waals surface area contributed by atoms with Gasteiger partial charge in [-0.05, 0) is 49.9 Å². The lowest BCUT2D eigenvalue weighted by molar-refractivity contribution is -0.150. The van der Waals surface area contributed by atoms with Crippen molar-refractivity contribution in [3.05, 3.63) is 16.6 Å². The molecule has 0 radical (unpaired) electrons. The highest BCUT2D eigenvalue weighted by molar-refractivity contribution is 7.11. The molecule has 0 bridgehead atoms. The van der Waals surface area contributed by atoms with Crippen molar-refractivity contribution < 1.29 is 25.3 Å². The molecule has 0 unspecified atom stereocenters. The maximum absolute atomic E-state index is 12.6. The Morgan fingerprint density at radius 3 is 2.23 bits per heavy atom. The molecule has 4 heterocycles. The van der Waals surface area contributed by atoms with E-state index in [1.165, 1.54) is 62.7 Å². The van der Waals surface area contributed by atoms with Crippen molar-refractivity contribution in [3.63, 3.8) is 0 Å². The fraction of sp³-hybridized carbons (Fsp3) is 0.781. The zero-order valence-corrected chi connectivity index (χ0v) is 26.7. The largest absolute Gasteiger partial charge is 0.381 e. The average molecular weight is 618 g/mol. The first kappa shape index (κ1) is 31.9. The molecule has 5 aliphatic rings. The number of thiazole rings is 1. The van der Waals surface area contributed by atoms with Crippen molar-refractivity contribution in [2.75, 3.05) is 52.5 Å². The summed E-state index contributed by atoms with van der Waals surface area (Å²) < 4.78 is 5.69. The highest BCUT2D eigenvalue weighted by Crippen LogP contribution is 2.54. The second kappa shape index (κ2) is 13.6. The van der Waals surface area contributed by atoms with E-state index in [2.05, 4.69) is 18.8 Å². The number of nitrogens with two attached hydrogens (primary N) is 1. The number of carbonyl (C=O) groups excluding carboxylic acids is 4. The number of carbonyl (C=O) groups is 4. The first-order valence-corrected chi connectivity index (χ1v) is 17.1. The van der Waals surface area contributed by atoms with Crippen LogP contribution in [-0.2, 0) is 19.1 Å². The molecule has 43 heavy (non-hydrogen) atoms. The van der Waals surface area contributed by atoms with E-state index in [-0.39, 0.29) is 30.0 Å². The molecule has 1 aromatic heterocycles. The normalized spacial score (nSPS) is 26.0. The Kier molecular flexibility index (Phi) is 10.1. The van der Waals surface area contributed by atoms with E-state index in [1.807, 2.05) is 9.80 Å².